The molecule has 1 aliphatic rings. The molecule has 0 atom stereocenters. The summed E-state index contributed by atoms with van der Waals surface area (Å²) in [6, 6.07) is 9.94. The van der Waals surface area contributed by atoms with Crippen LogP contribution in [0.2, 0.25) is 0 Å². The van der Waals surface area contributed by atoms with Crippen molar-refractivity contribution in [2.75, 3.05) is 25.4 Å². The van der Waals surface area contributed by atoms with E-state index in [4.69, 9.17) is 4.55 Å². The fraction of sp³-hybridized carbons (Fsp3) is 0.417. The van der Waals surface area contributed by atoms with Gasteiger partial charge in [-0.2, -0.15) is 8.42 Å². The lowest BCUT2D eigenvalue weighted by Gasteiger charge is -2.03. The summed E-state index contributed by atoms with van der Waals surface area (Å²) >= 11 is 0. The van der Waals surface area contributed by atoms with Crippen molar-refractivity contribution in [3.05, 3.63) is 35.9 Å². The molecule has 0 saturated carbocycles. The van der Waals surface area contributed by atoms with Crippen LogP contribution in [0.1, 0.15) is 12.0 Å². The van der Waals surface area contributed by atoms with Gasteiger partial charge in [0.25, 0.3) is 16.0 Å². The van der Waals surface area contributed by atoms with Gasteiger partial charge in [0.15, 0.2) is 0 Å². The van der Waals surface area contributed by atoms with Crippen LogP contribution in [-0.2, 0) is 10.1 Å². The van der Waals surface area contributed by atoms with Gasteiger partial charge in [0, 0.05) is 6.42 Å². The van der Waals surface area contributed by atoms with E-state index in [1.54, 1.807) is 0 Å². The van der Waals surface area contributed by atoms with E-state index in [-0.39, 0.29) is 5.75 Å². The van der Waals surface area contributed by atoms with E-state index in [1.165, 1.54) is 0 Å². The van der Waals surface area contributed by atoms with E-state index in [2.05, 4.69) is 9.89 Å². The Hall–Kier alpha value is -1.40. The standard InChI is InChI=1S/C12H16N2O3S/c15-18(16,17)10-4-8-14-9-7-13-12(14)11-5-2-1-3-6-11/h1-3,5-6H,4,7-10H2,(H,15,16,17)/p+1. The lowest BCUT2D eigenvalue weighted by atomic mass is 10.2. The van der Waals surface area contributed by atoms with Gasteiger partial charge in [0.1, 0.15) is 13.1 Å². The molecule has 0 spiro atoms. The molecular weight excluding hydrogens is 252 g/mol. The summed E-state index contributed by atoms with van der Waals surface area (Å²) in [7, 11) is -3.85. The van der Waals surface area contributed by atoms with Gasteiger partial charge in [-0.15, -0.1) is 0 Å². The van der Waals surface area contributed by atoms with Crippen molar-refractivity contribution in [2.24, 2.45) is 0 Å². The molecule has 2 rings (SSSR count). The molecule has 18 heavy (non-hydrogen) atoms. The van der Waals surface area contributed by atoms with Crippen LogP contribution in [0.5, 0.6) is 0 Å². The fourth-order valence-corrected chi connectivity index (χ4v) is 2.57. The Morgan fingerprint density at radius 1 is 1.28 bits per heavy atom. The van der Waals surface area contributed by atoms with Gasteiger partial charge in [-0.05, 0) is 12.1 Å². The Labute approximate surface area is 107 Å². The van der Waals surface area contributed by atoms with E-state index in [0.29, 0.717) is 13.0 Å². The monoisotopic (exact) mass is 269 g/mol. The first kappa shape index (κ1) is 13.0. The van der Waals surface area contributed by atoms with Crippen LogP contribution in [0.4, 0.5) is 0 Å². The minimum Gasteiger partial charge on any atom is -0.286 e. The van der Waals surface area contributed by atoms with Crippen LogP contribution >= 0.6 is 0 Å². The number of nitrogens with one attached hydrogen (secondary N) is 1. The predicted octanol–water partition coefficient (Wildman–Crippen LogP) is 0.327. The van der Waals surface area contributed by atoms with E-state index < -0.39 is 10.1 Å². The molecule has 5 nitrogen and oxygen atoms in total. The second-order valence-electron chi connectivity index (χ2n) is 4.27. The van der Waals surface area contributed by atoms with Crippen molar-refractivity contribution < 1.29 is 17.5 Å². The summed E-state index contributed by atoms with van der Waals surface area (Å²) in [5.74, 6) is 0.844. The third kappa shape index (κ3) is 3.54. The first-order valence-corrected chi connectivity index (χ1v) is 7.53. The normalized spacial score (nSPS) is 15.8. The van der Waals surface area contributed by atoms with E-state index in [0.717, 1.165) is 24.5 Å². The Bertz CT molecular complexity index is 538. The van der Waals surface area contributed by atoms with Gasteiger partial charge in [-0.3, -0.25) is 14.4 Å². The minimum absolute atomic E-state index is 0.189. The maximum atomic E-state index is 10.7. The minimum atomic E-state index is -3.85. The number of hydrogen-bond donors (Lipinski definition) is 2. The summed E-state index contributed by atoms with van der Waals surface area (Å²) in [4.78, 5) is 0. The van der Waals surface area contributed by atoms with Crippen molar-refractivity contribution >= 4 is 16.0 Å². The number of nitrogens with zero attached hydrogens (tertiary/aromatic N) is 1. The molecule has 98 valence electrons. The third-order valence-electron chi connectivity index (χ3n) is 2.87. The number of rotatable bonds is 5. The maximum absolute atomic E-state index is 10.7. The summed E-state index contributed by atoms with van der Waals surface area (Å²) < 4.78 is 32.2. The molecule has 0 amide bonds. The van der Waals surface area contributed by atoms with Crippen LogP contribution in [-0.4, -0.2) is 48.8 Å². The van der Waals surface area contributed by atoms with E-state index in [9.17, 15) is 8.42 Å². The Balaban J connectivity index is 2.06. The first-order valence-electron chi connectivity index (χ1n) is 5.92. The second-order valence-corrected chi connectivity index (χ2v) is 5.84. The molecule has 2 N–H and O–H groups in total. The first-order chi connectivity index (χ1) is 8.56. The van der Waals surface area contributed by atoms with Gasteiger partial charge in [-0.1, -0.05) is 18.2 Å². The summed E-state index contributed by atoms with van der Waals surface area (Å²) in [5, 5.41) is 3.30. The van der Waals surface area contributed by atoms with Crippen LogP contribution in [0.15, 0.2) is 30.3 Å². The zero-order valence-corrected chi connectivity index (χ0v) is 10.9. The molecule has 0 bridgehead atoms. The lowest BCUT2D eigenvalue weighted by Crippen LogP contribution is -2.25. The Kier molecular flexibility index (Phi) is 3.98. The van der Waals surface area contributed by atoms with Gasteiger partial charge >= 0.3 is 0 Å². The predicted molar refractivity (Wildman–Crippen MR) is 69.6 cm³/mol. The molecule has 0 fully saturated rings. The molecule has 1 aromatic rings. The van der Waals surface area contributed by atoms with Gasteiger partial charge < -0.3 is 0 Å². The maximum Gasteiger partial charge on any atom is 0.277 e. The number of benzene rings is 1. The molecule has 0 unspecified atom stereocenters. The Morgan fingerprint density at radius 3 is 2.67 bits per heavy atom. The highest BCUT2D eigenvalue weighted by Crippen LogP contribution is 2.03. The zero-order chi connectivity index (χ0) is 13.0. The lowest BCUT2D eigenvalue weighted by molar-refractivity contribution is -0.517. The quantitative estimate of drug-likeness (QED) is 0.597. The molecule has 1 heterocycles. The molecule has 0 radical (unpaired) electrons. The molecule has 1 aliphatic heterocycles. The fourth-order valence-electron chi connectivity index (χ4n) is 2.07. The summed E-state index contributed by atoms with van der Waals surface area (Å²) in [6.45, 7) is 2.34. The molecule has 0 saturated heterocycles. The molecule has 1 aromatic carbocycles. The highest BCUT2D eigenvalue weighted by molar-refractivity contribution is 7.85. The Morgan fingerprint density at radius 2 is 2.00 bits per heavy atom. The zero-order valence-electron chi connectivity index (χ0n) is 10.0. The summed E-state index contributed by atoms with van der Waals surface area (Å²) in [6.07, 6.45) is 0.427. The van der Waals surface area contributed by atoms with Crippen molar-refractivity contribution in [1.29, 1.82) is 0 Å². The van der Waals surface area contributed by atoms with E-state index >= 15 is 0 Å². The van der Waals surface area contributed by atoms with Crippen molar-refractivity contribution in [1.82, 2.24) is 5.32 Å². The van der Waals surface area contributed by atoms with Crippen LogP contribution < -0.4 is 5.32 Å². The van der Waals surface area contributed by atoms with Crippen LogP contribution in [0.3, 0.4) is 0 Å². The summed E-state index contributed by atoms with van der Waals surface area (Å²) in [5.41, 5.74) is 1.10. The molecule has 0 aliphatic carbocycles. The number of amidine groups is 1. The molecular formula is C12H17N2O3S+. The third-order valence-corrected chi connectivity index (χ3v) is 3.67. The highest BCUT2D eigenvalue weighted by Gasteiger charge is 2.22. The van der Waals surface area contributed by atoms with Crippen molar-refractivity contribution in [2.45, 2.75) is 6.42 Å². The van der Waals surface area contributed by atoms with Gasteiger partial charge in [0.05, 0.1) is 17.9 Å². The van der Waals surface area contributed by atoms with Crippen LogP contribution in [0, 0.1) is 0 Å². The second kappa shape index (κ2) is 5.49. The van der Waals surface area contributed by atoms with Gasteiger partial charge in [0.2, 0.25) is 0 Å². The largest absolute Gasteiger partial charge is 0.286 e. The van der Waals surface area contributed by atoms with Crippen LogP contribution in [0.25, 0.3) is 0 Å². The SMILES string of the molecule is O=S(=O)(O)CCC[N+]1=C(c2ccccc2)NCC1. The average Bonchev–Trinajstić information content (AvgIpc) is 2.77. The topological polar surface area (TPSA) is 69.4 Å². The van der Waals surface area contributed by atoms with E-state index in [1.807, 2.05) is 30.3 Å². The molecule has 6 heteroatoms. The highest BCUT2D eigenvalue weighted by atomic mass is 32.2. The van der Waals surface area contributed by atoms with Crippen molar-refractivity contribution in [3.8, 4) is 0 Å². The smallest absolute Gasteiger partial charge is 0.277 e. The molecule has 0 aromatic heterocycles. The number of hydrogen-bond acceptors (Lipinski definition) is 3. The van der Waals surface area contributed by atoms with Gasteiger partial charge in [-0.25, -0.2) is 0 Å². The van der Waals surface area contributed by atoms with Crippen molar-refractivity contribution in [3.63, 3.8) is 0 Å². The average molecular weight is 269 g/mol.